The van der Waals surface area contributed by atoms with Crippen molar-refractivity contribution in [2.45, 2.75) is 51.2 Å². The summed E-state index contributed by atoms with van der Waals surface area (Å²) in [5.41, 5.74) is 0.502. The number of allylic oxidation sites excluding steroid dienone is 2. The van der Waals surface area contributed by atoms with Gasteiger partial charge in [-0.3, -0.25) is 9.59 Å². The van der Waals surface area contributed by atoms with E-state index in [2.05, 4.69) is 10.8 Å². The smallest absolute Gasteiger partial charge is 0.305 e. The van der Waals surface area contributed by atoms with Gasteiger partial charge in [-0.1, -0.05) is 0 Å². The molecule has 0 aromatic rings. The molecule has 0 radical (unpaired) electrons. The summed E-state index contributed by atoms with van der Waals surface area (Å²) in [5.74, 6) is -0.627. The van der Waals surface area contributed by atoms with Gasteiger partial charge >= 0.3 is 11.9 Å². The molecule has 0 amide bonds. The summed E-state index contributed by atoms with van der Waals surface area (Å²) in [5, 5.41) is 9.32. The molecule has 2 rings (SSSR count). The van der Waals surface area contributed by atoms with E-state index in [4.69, 9.17) is 9.47 Å². The average Bonchev–Trinajstić information content (AvgIpc) is 3.07. The zero-order chi connectivity index (χ0) is 17.7. The number of hydrogen-bond donors (Lipinski definition) is 0. The van der Waals surface area contributed by atoms with Crippen molar-refractivity contribution in [3.63, 3.8) is 0 Å². The Morgan fingerprint density at radius 1 is 1.42 bits per heavy atom. The second kappa shape index (κ2) is 7.95. The maximum atomic E-state index is 11.4. The standard InChI is InChI=1S/C17H21NO6/c1-10(20)23-16-7-15-12(13(16)9-19)6-14(24-15)11(8-18)4-3-5-17(21)22-2/h9,12-13,15-16H,3-7H2,1-2H3/b14-11+/t12-,13-,15+,16-/m1/s1. The Kier molecular flexibility index (Phi) is 5.96. The molecule has 24 heavy (non-hydrogen) atoms. The van der Waals surface area contributed by atoms with Gasteiger partial charge in [-0.15, -0.1) is 0 Å². The molecule has 0 N–H and O–H groups in total. The van der Waals surface area contributed by atoms with Crippen molar-refractivity contribution in [2.75, 3.05) is 7.11 Å². The second-order valence-electron chi connectivity index (χ2n) is 6.06. The van der Waals surface area contributed by atoms with Gasteiger partial charge in [-0.2, -0.15) is 5.26 Å². The molecule has 0 aromatic heterocycles. The Bertz CT molecular complexity index is 590. The molecule has 0 unspecified atom stereocenters. The van der Waals surface area contributed by atoms with Crippen molar-refractivity contribution in [3.8, 4) is 6.07 Å². The Balaban J connectivity index is 2.01. The summed E-state index contributed by atoms with van der Waals surface area (Å²) < 4.78 is 15.6. The van der Waals surface area contributed by atoms with E-state index in [0.717, 1.165) is 6.29 Å². The summed E-state index contributed by atoms with van der Waals surface area (Å²) in [6, 6.07) is 2.13. The number of carbonyl (C=O) groups is 3. The molecule has 7 heteroatoms. The van der Waals surface area contributed by atoms with E-state index in [1.54, 1.807) is 0 Å². The highest BCUT2D eigenvalue weighted by Gasteiger charge is 2.50. The van der Waals surface area contributed by atoms with Crippen molar-refractivity contribution >= 4 is 18.2 Å². The number of nitrogens with zero attached hydrogens (tertiary/aromatic N) is 1. The predicted molar refractivity (Wildman–Crippen MR) is 81.2 cm³/mol. The molecule has 1 aliphatic heterocycles. The summed E-state index contributed by atoms with van der Waals surface area (Å²) in [4.78, 5) is 33.7. The number of fused-ring (bicyclic) bond motifs is 1. The van der Waals surface area contributed by atoms with Gasteiger partial charge in [0.05, 0.1) is 24.7 Å². The first kappa shape index (κ1) is 18.0. The number of carbonyl (C=O) groups excluding carboxylic acids is 3. The van der Waals surface area contributed by atoms with Crippen molar-refractivity contribution < 1.29 is 28.6 Å². The van der Waals surface area contributed by atoms with Crippen LogP contribution in [0.2, 0.25) is 0 Å². The molecule has 0 aromatic carbocycles. The number of esters is 2. The Morgan fingerprint density at radius 2 is 2.17 bits per heavy atom. The van der Waals surface area contributed by atoms with Crippen LogP contribution in [0.1, 0.15) is 39.0 Å². The fourth-order valence-electron chi connectivity index (χ4n) is 3.42. The minimum atomic E-state index is -0.457. The largest absolute Gasteiger partial charge is 0.493 e. The van der Waals surface area contributed by atoms with Crippen LogP contribution in [0.4, 0.5) is 0 Å². The van der Waals surface area contributed by atoms with Gasteiger partial charge in [0, 0.05) is 32.1 Å². The first-order valence-electron chi connectivity index (χ1n) is 7.98. The maximum absolute atomic E-state index is 11.4. The molecule has 1 aliphatic carbocycles. The zero-order valence-electron chi connectivity index (χ0n) is 13.8. The number of nitriles is 1. The van der Waals surface area contributed by atoms with Crippen LogP contribution >= 0.6 is 0 Å². The van der Waals surface area contributed by atoms with Gasteiger partial charge in [-0.05, 0) is 12.8 Å². The molecule has 2 fully saturated rings. The fraction of sp³-hybridized carbons (Fsp3) is 0.647. The highest BCUT2D eigenvalue weighted by atomic mass is 16.6. The molecule has 0 bridgehead atoms. The van der Waals surface area contributed by atoms with E-state index in [0.29, 0.717) is 37.0 Å². The SMILES string of the molecule is COC(=O)CCC/C(C#N)=C1/C[C@@H]2[C@@H](C=O)[C@H](OC(C)=O)C[C@@H]2O1. The van der Waals surface area contributed by atoms with E-state index in [-0.39, 0.29) is 24.4 Å². The summed E-state index contributed by atoms with van der Waals surface area (Å²) in [6.45, 7) is 1.32. The lowest BCUT2D eigenvalue weighted by Gasteiger charge is -2.17. The van der Waals surface area contributed by atoms with Crippen molar-refractivity contribution in [1.82, 2.24) is 0 Å². The van der Waals surface area contributed by atoms with Crippen LogP contribution in [0.3, 0.4) is 0 Å². The molecule has 1 saturated heterocycles. The monoisotopic (exact) mass is 335 g/mol. The highest BCUT2D eigenvalue weighted by molar-refractivity contribution is 5.69. The van der Waals surface area contributed by atoms with E-state index in [9.17, 15) is 19.6 Å². The van der Waals surface area contributed by atoms with Crippen molar-refractivity contribution in [3.05, 3.63) is 11.3 Å². The van der Waals surface area contributed by atoms with E-state index < -0.39 is 18.0 Å². The van der Waals surface area contributed by atoms with Crippen LogP contribution in [-0.4, -0.2) is 37.5 Å². The third-order valence-corrected chi connectivity index (χ3v) is 4.56. The normalized spacial score (nSPS) is 29.9. The zero-order valence-corrected chi connectivity index (χ0v) is 13.8. The molecular formula is C17H21NO6. The lowest BCUT2D eigenvalue weighted by Crippen LogP contribution is -2.25. The minimum Gasteiger partial charge on any atom is -0.493 e. The maximum Gasteiger partial charge on any atom is 0.305 e. The van der Waals surface area contributed by atoms with Crippen LogP contribution in [0, 0.1) is 23.2 Å². The van der Waals surface area contributed by atoms with E-state index in [1.165, 1.54) is 14.0 Å². The number of hydrogen-bond acceptors (Lipinski definition) is 7. The van der Waals surface area contributed by atoms with Gasteiger partial charge in [0.1, 0.15) is 24.3 Å². The van der Waals surface area contributed by atoms with Crippen molar-refractivity contribution in [2.24, 2.45) is 11.8 Å². The fourth-order valence-corrected chi connectivity index (χ4v) is 3.42. The number of rotatable bonds is 6. The molecule has 1 heterocycles. The predicted octanol–water partition coefficient (Wildman–Crippen LogP) is 1.66. The summed E-state index contributed by atoms with van der Waals surface area (Å²) in [6.07, 6.45) is 2.25. The van der Waals surface area contributed by atoms with Gasteiger partial charge in [0.2, 0.25) is 0 Å². The quantitative estimate of drug-likeness (QED) is 0.413. The molecule has 130 valence electrons. The third kappa shape index (κ3) is 3.94. The minimum absolute atomic E-state index is 0.0780. The molecule has 2 aliphatic rings. The molecule has 0 spiro atoms. The van der Waals surface area contributed by atoms with E-state index >= 15 is 0 Å². The topological polar surface area (TPSA) is 103 Å². The highest BCUT2D eigenvalue weighted by Crippen LogP contribution is 2.46. The second-order valence-corrected chi connectivity index (χ2v) is 6.06. The van der Waals surface area contributed by atoms with Gasteiger partial charge < -0.3 is 19.0 Å². The lowest BCUT2D eigenvalue weighted by atomic mass is 9.92. The first-order chi connectivity index (χ1) is 11.5. The van der Waals surface area contributed by atoms with Crippen LogP contribution in [0.15, 0.2) is 11.3 Å². The third-order valence-electron chi connectivity index (χ3n) is 4.56. The summed E-state index contributed by atoms with van der Waals surface area (Å²) >= 11 is 0. The van der Waals surface area contributed by atoms with Gasteiger partial charge in [-0.25, -0.2) is 0 Å². The summed E-state index contributed by atoms with van der Waals surface area (Å²) in [7, 11) is 1.33. The van der Waals surface area contributed by atoms with Crippen LogP contribution in [0.5, 0.6) is 0 Å². The average molecular weight is 335 g/mol. The van der Waals surface area contributed by atoms with Crippen molar-refractivity contribution in [1.29, 1.82) is 5.26 Å². The Morgan fingerprint density at radius 3 is 2.75 bits per heavy atom. The molecule has 4 atom stereocenters. The van der Waals surface area contributed by atoms with E-state index in [1.807, 2.05) is 0 Å². The Hall–Kier alpha value is -2.36. The lowest BCUT2D eigenvalue weighted by molar-refractivity contribution is -0.149. The number of methoxy groups -OCH3 is 1. The van der Waals surface area contributed by atoms with Crippen LogP contribution in [-0.2, 0) is 28.6 Å². The first-order valence-corrected chi connectivity index (χ1v) is 7.98. The van der Waals surface area contributed by atoms with Crippen LogP contribution in [0.25, 0.3) is 0 Å². The molecule has 1 saturated carbocycles. The van der Waals surface area contributed by atoms with Gasteiger partial charge in [0.15, 0.2) is 0 Å². The molecule has 7 nitrogen and oxygen atoms in total. The molecular weight excluding hydrogens is 314 g/mol. The number of aldehydes is 1. The number of ether oxygens (including phenoxy) is 3. The Labute approximate surface area is 140 Å². The van der Waals surface area contributed by atoms with Crippen LogP contribution < -0.4 is 0 Å². The van der Waals surface area contributed by atoms with Gasteiger partial charge in [0.25, 0.3) is 0 Å².